The van der Waals surface area contributed by atoms with Crippen molar-refractivity contribution in [2.45, 2.75) is 151 Å². The van der Waals surface area contributed by atoms with Gasteiger partial charge in [-0.3, -0.25) is 28.8 Å². The summed E-state index contributed by atoms with van der Waals surface area (Å²) in [5.74, 6) is -21.4. The van der Waals surface area contributed by atoms with Gasteiger partial charge in [-0.15, -0.1) is 0 Å². The van der Waals surface area contributed by atoms with Crippen LogP contribution in [0.3, 0.4) is 0 Å². The summed E-state index contributed by atoms with van der Waals surface area (Å²) in [6.07, 6.45) is -0.592. The number of hydrogen-bond donors (Lipinski definition) is 30. The third kappa shape index (κ3) is 39.3. The van der Waals surface area contributed by atoms with Crippen molar-refractivity contribution in [2.24, 2.45) is 47.3 Å². The van der Waals surface area contributed by atoms with Gasteiger partial charge >= 0.3 is 23.9 Å². The fourth-order valence-electron chi connectivity index (χ4n) is 10.6. The molecule has 0 aliphatic heterocycles. The Morgan fingerprint density at radius 1 is 0.164 bits per heavy atom. The van der Waals surface area contributed by atoms with Gasteiger partial charge in [0.2, 0.25) is 0 Å². The minimum atomic E-state index is -0.671. The normalized spacial score (nSPS) is 10.5. The van der Waals surface area contributed by atoms with E-state index in [2.05, 4.69) is 0 Å². The first-order chi connectivity index (χ1) is 67.2. The number of Topliss-reactive ketones (excluding diaryl/α,β-unsaturated/α-hetero) is 6. The molecule has 0 atom stereocenters. The third-order valence-corrected chi connectivity index (χ3v) is 18.3. The molecule has 0 aliphatic rings. The molecule has 10 aromatic carbocycles. The number of benzene rings is 10. The SMILES string of the molecule is CC(C)C(=O)c1cc(O)c(O)c(O)c1.CC(C)C(=O)c1cc(O)c(O)c(O)c1.CC(C)C(=O)c1cc(O)c(O)c(O)c1.CC(C)C(=O)c1cc(O)c(O)c(O)c1.CC(C)C(=O)c1cc(O)c(O)c(O)c1.CC(C)C(=O)c1cc(O)c(O)c(O)c1.CC(C)COC(=O)c1cc(O)c(O)c(O)c1.CC(C)COC(=O)c1cc(O)c(O)c(O)c1.CC(C)OC(=O)c1cc(O)c(O)c(O)c1.CC(C)OC(=O)c1cc(O)c(O)c(O)c1. The quantitative estimate of drug-likeness (QED) is 0.0130. The van der Waals surface area contributed by atoms with Crippen LogP contribution in [0.4, 0.5) is 0 Å². The summed E-state index contributed by atoms with van der Waals surface area (Å²) in [6.45, 7) is 35.3. The van der Waals surface area contributed by atoms with E-state index in [0.29, 0.717) is 0 Å². The number of phenols is 30. The van der Waals surface area contributed by atoms with E-state index >= 15 is 0 Å². The van der Waals surface area contributed by atoms with Gasteiger partial charge in [-0.05, 0) is 161 Å². The summed E-state index contributed by atoms with van der Waals surface area (Å²) in [7, 11) is 0. The Morgan fingerprint density at radius 3 is 0.349 bits per heavy atom. The molecule has 0 saturated carbocycles. The van der Waals surface area contributed by atoms with E-state index in [1.807, 2.05) is 27.7 Å². The summed E-state index contributed by atoms with van der Waals surface area (Å²) in [5, 5.41) is 274. The zero-order valence-electron chi connectivity index (χ0n) is 82.9. The molecule has 10 rings (SSSR count). The lowest BCUT2D eigenvalue weighted by Gasteiger charge is -2.09. The van der Waals surface area contributed by atoms with Gasteiger partial charge in [0.25, 0.3) is 0 Å². The molecule has 0 saturated heterocycles. The van der Waals surface area contributed by atoms with Gasteiger partial charge < -0.3 is 172 Å². The Hall–Kier alpha value is -17.9. The van der Waals surface area contributed by atoms with Gasteiger partial charge in [0.1, 0.15) is 0 Å². The highest BCUT2D eigenvalue weighted by atomic mass is 16.6. The van der Waals surface area contributed by atoms with Crippen LogP contribution < -0.4 is 0 Å². The van der Waals surface area contributed by atoms with Crippen molar-refractivity contribution in [3.8, 4) is 172 Å². The fourth-order valence-corrected chi connectivity index (χ4v) is 10.6. The van der Waals surface area contributed by atoms with Gasteiger partial charge in [0.05, 0.1) is 47.7 Å². The zero-order chi connectivity index (χ0) is 113. The fraction of sp³-hybridized carbons (Fsp3) is 0.314. The Bertz CT molecular complexity index is 5300. The van der Waals surface area contributed by atoms with Crippen molar-refractivity contribution in [2.75, 3.05) is 13.2 Å². The van der Waals surface area contributed by atoms with Crippen LogP contribution in [0.15, 0.2) is 121 Å². The van der Waals surface area contributed by atoms with Crippen LogP contribution in [0.25, 0.3) is 0 Å². The smallest absolute Gasteiger partial charge is 0.338 e. The second-order valence-corrected chi connectivity index (χ2v) is 34.6. The van der Waals surface area contributed by atoms with E-state index in [4.69, 9.17) is 152 Å². The number of phenolic OH excluding ortho intramolecular Hbond substituents is 30. The number of rotatable bonds is 22. The van der Waals surface area contributed by atoms with E-state index in [-0.39, 0.29) is 163 Å². The molecule has 30 N–H and O–H groups in total. The highest BCUT2D eigenvalue weighted by Gasteiger charge is 2.26. The molecule has 796 valence electrons. The lowest BCUT2D eigenvalue weighted by Crippen LogP contribution is -2.11. The number of carbonyl (C=O) groups excluding carboxylic acids is 10. The van der Waals surface area contributed by atoms with Crippen molar-refractivity contribution in [3.05, 3.63) is 177 Å². The molecule has 146 heavy (non-hydrogen) atoms. The minimum Gasteiger partial charge on any atom is -0.504 e. The largest absolute Gasteiger partial charge is 0.504 e. The summed E-state index contributed by atoms with van der Waals surface area (Å²) in [5.41, 5.74) is 1.08. The molecule has 10 aromatic rings. The predicted octanol–water partition coefficient (Wildman–Crippen LogP) is 15.8. The number of ether oxygens (including phenoxy) is 4. The van der Waals surface area contributed by atoms with Gasteiger partial charge in [-0.2, -0.15) is 0 Å². The molecule has 0 amide bonds. The Kier molecular flexibility index (Phi) is 49.3. The zero-order valence-corrected chi connectivity index (χ0v) is 82.9. The van der Waals surface area contributed by atoms with E-state index in [1.54, 1.807) is 111 Å². The first kappa shape index (κ1) is 126. The Labute approximate surface area is 835 Å². The van der Waals surface area contributed by atoms with Gasteiger partial charge in [-0.1, -0.05) is 111 Å². The summed E-state index contributed by atoms with van der Waals surface area (Å²) in [4.78, 5) is 114. The van der Waals surface area contributed by atoms with Crippen molar-refractivity contribution in [3.63, 3.8) is 0 Å². The first-order valence-electron chi connectivity index (χ1n) is 43.8. The van der Waals surface area contributed by atoms with Crippen LogP contribution in [0.2, 0.25) is 0 Å². The van der Waals surface area contributed by atoms with Crippen molar-refractivity contribution >= 4 is 58.6 Å². The van der Waals surface area contributed by atoms with Gasteiger partial charge in [0.15, 0.2) is 207 Å². The summed E-state index contributed by atoms with van der Waals surface area (Å²) >= 11 is 0. The highest BCUT2D eigenvalue weighted by Crippen LogP contribution is 2.45. The second kappa shape index (κ2) is 57.1. The van der Waals surface area contributed by atoms with Gasteiger partial charge in [0, 0.05) is 68.9 Å². The standard InChI is InChI=1S/2C11H14O5.2C10H12O5.6C10H12O4/c2*1-6(2)5-16-11(15)7-3-8(12)10(14)9(13)4-7;2*1-5(2)15-10(14)6-3-7(11)9(13)8(12)4-6;6*1-5(2)9(13)6-3-7(11)10(14)8(12)4-6/h2*3-4,6,12-14H,5H2,1-2H3;2*3-5,11-13H,1-2H3;6*3-5,11-12,14H,1-2H3. The van der Waals surface area contributed by atoms with Crippen LogP contribution in [0, 0.1) is 47.3 Å². The lowest BCUT2D eigenvalue weighted by molar-refractivity contribution is 0.0366. The number of ketones is 6. The Morgan fingerprint density at radius 2 is 0.260 bits per heavy atom. The van der Waals surface area contributed by atoms with E-state index in [9.17, 15) is 68.4 Å². The maximum absolute atomic E-state index is 11.5. The maximum Gasteiger partial charge on any atom is 0.338 e. The van der Waals surface area contributed by atoms with Crippen molar-refractivity contribution < 1.29 is 220 Å². The van der Waals surface area contributed by atoms with Crippen LogP contribution >= 0.6 is 0 Å². The lowest BCUT2D eigenvalue weighted by atomic mass is 10.0. The van der Waals surface area contributed by atoms with Crippen LogP contribution in [-0.4, -0.2) is 237 Å². The minimum absolute atomic E-state index is 0.00606. The molecule has 0 radical (unpaired) electrons. The van der Waals surface area contributed by atoms with Crippen molar-refractivity contribution in [1.29, 1.82) is 0 Å². The molecule has 0 heterocycles. The average Bonchev–Trinajstić information content (AvgIpc) is 0.829. The molecule has 44 nitrogen and oxygen atoms in total. The van der Waals surface area contributed by atoms with E-state index in [0.717, 1.165) is 121 Å². The number of hydrogen-bond acceptors (Lipinski definition) is 44. The number of aromatic hydroxyl groups is 30. The molecule has 0 bridgehead atoms. The topological polar surface area (TPSA) is 815 Å². The molecule has 0 aromatic heterocycles. The van der Waals surface area contributed by atoms with Crippen molar-refractivity contribution in [1.82, 2.24) is 0 Å². The van der Waals surface area contributed by atoms with E-state index in [1.165, 1.54) is 0 Å². The molecule has 44 heteroatoms. The van der Waals surface area contributed by atoms with Gasteiger partial charge in [-0.25, -0.2) is 19.2 Å². The highest BCUT2D eigenvalue weighted by molar-refractivity contribution is 6.02. The monoisotopic (exact) mass is 2050 g/mol. The summed E-state index contributed by atoms with van der Waals surface area (Å²) in [6, 6.07) is 21.9. The first-order valence-corrected chi connectivity index (χ1v) is 43.8. The number of carbonyl (C=O) groups is 10. The molecule has 0 aliphatic carbocycles. The second-order valence-electron chi connectivity index (χ2n) is 34.6. The van der Waals surface area contributed by atoms with Crippen LogP contribution in [-0.2, 0) is 18.9 Å². The molecule has 0 spiro atoms. The Balaban J connectivity index is 0.000000811. The molecular formula is C102H124O44. The number of esters is 4. The third-order valence-electron chi connectivity index (χ3n) is 18.3. The summed E-state index contributed by atoms with van der Waals surface area (Å²) < 4.78 is 19.5. The van der Waals surface area contributed by atoms with Crippen LogP contribution in [0.5, 0.6) is 172 Å². The van der Waals surface area contributed by atoms with E-state index < -0.39 is 196 Å². The predicted molar refractivity (Wildman–Crippen MR) is 521 cm³/mol. The average molecular weight is 2050 g/mol. The molecule has 0 fully saturated rings. The van der Waals surface area contributed by atoms with Crippen LogP contribution in [0.1, 0.15) is 242 Å². The molecule has 0 unspecified atom stereocenters. The maximum atomic E-state index is 11.5. The molecular weight excluding hydrogens is 1930 g/mol.